The summed E-state index contributed by atoms with van der Waals surface area (Å²) in [7, 11) is 1.67. The van der Waals surface area contributed by atoms with Crippen LogP contribution in [0.4, 0.5) is 0 Å². The van der Waals surface area contributed by atoms with Gasteiger partial charge in [-0.25, -0.2) is 0 Å². The van der Waals surface area contributed by atoms with Gasteiger partial charge in [0.25, 0.3) is 5.91 Å². The number of nitrogens with one attached hydrogen (secondary N) is 1. The standard InChI is InChI=1S/C17H26N2O2/c1-12(2)16(11-19-9-8-13(20)10-19)14-6-4-5-7-15(14)17(21)18-3/h4-7,12-13,16,20H,8-11H2,1-3H3,(H,18,21)/t13-,16+/m1/s1. The van der Waals surface area contributed by atoms with E-state index in [0.717, 1.165) is 37.2 Å². The molecule has 0 unspecified atom stereocenters. The van der Waals surface area contributed by atoms with Gasteiger partial charge < -0.3 is 15.3 Å². The van der Waals surface area contributed by atoms with Gasteiger partial charge in [0.15, 0.2) is 0 Å². The molecule has 1 fully saturated rings. The van der Waals surface area contributed by atoms with Crippen molar-refractivity contribution in [2.45, 2.75) is 32.3 Å². The van der Waals surface area contributed by atoms with Crippen molar-refractivity contribution in [3.8, 4) is 0 Å². The summed E-state index contributed by atoms with van der Waals surface area (Å²) in [6.45, 7) is 6.95. The smallest absolute Gasteiger partial charge is 0.251 e. The molecule has 1 amide bonds. The zero-order chi connectivity index (χ0) is 15.4. The summed E-state index contributed by atoms with van der Waals surface area (Å²) in [4.78, 5) is 14.4. The molecule has 1 aromatic carbocycles. The number of aliphatic hydroxyl groups is 1. The Kier molecular flexibility index (Phi) is 5.37. The minimum absolute atomic E-state index is 0.0299. The first-order valence-electron chi connectivity index (χ1n) is 7.74. The minimum atomic E-state index is -0.202. The Labute approximate surface area is 127 Å². The first kappa shape index (κ1) is 16.0. The monoisotopic (exact) mass is 290 g/mol. The molecular formula is C17H26N2O2. The molecule has 116 valence electrons. The van der Waals surface area contributed by atoms with E-state index < -0.39 is 0 Å². The van der Waals surface area contributed by atoms with Crippen LogP contribution in [-0.4, -0.2) is 48.7 Å². The van der Waals surface area contributed by atoms with E-state index in [9.17, 15) is 9.90 Å². The molecular weight excluding hydrogens is 264 g/mol. The molecule has 2 atom stereocenters. The van der Waals surface area contributed by atoms with Crippen LogP contribution < -0.4 is 5.32 Å². The lowest BCUT2D eigenvalue weighted by molar-refractivity contribution is 0.0960. The van der Waals surface area contributed by atoms with E-state index in [1.54, 1.807) is 7.05 Å². The second kappa shape index (κ2) is 7.05. The molecule has 4 heteroatoms. The SMILES string of the molecule is CNC(=O)c1ccccc1[C@@H](CN1CC[C@@H](O)C1)C(C)C. The van der Waals surface area contributed by atoms with Crippen molar-refractivity contribution in [1.29, 1.82) is 0 Å². The maximum absolute atomic E-state index is 12.1. The Morgan fingerprint density at radius 2 is 2.14 bits per heavy atom. The summed E-state index contributed by atoms with van der Waals surface area (Å²) in [6, 6.07) is 7.85. The number of benzene rings is 1. The van der Waals surface area contributed by atoms with Crippen LogP contribution in [0.25, 0.3) is 0 Å². The van der Waals surface area contributed by atoms with Gasteiger partial charge in [0, 0.05) is 32.2 Å². The molecule has 1 aliphatic heterocycles. The van der Waals surface area contributed by atoms with Crippen LogP contribution in [0.2, 0.25) is 0 Å². The third-order valence-electron chi connectivity index (χ3n) is 4.34. The highest BCUT2D eigenvalue weighted by atomic mass is 16.3. The number of carbonyl (C=O) groups is 1. The number of amides is 1. The first-order chi connectivity index (χ1) is 10.0. The fraction of sp³-hybridized carbons (Fsp3) is 0.588. The van der Waals surface area contributed by atoms with E-state index in [1.807, 2.05) is 18.2 Å². The molecule has 0 aromatic heterocycles. The van der Waals surface area contributed by atoms with Crippen molar-refractivity contribution in [2.75, 3.05) is 26.7 Å². The molecule has 1 saturated heterocycles. The maximum Gasteiger partial charge on any atom is 0.251 e. The quantitative estimate of drug-likeness (QED) is 0.870. The molecule has 1 aliphatic rings. The van der Waals surface area contributed by atoms with E-state index in [1.165, 1.54) is 0 Å². The van der Waals surface area contributed by atoms with Crippen molar-refractivity contribution >= 4 is 5.91 Å². The van der Waals surface area contributed by atoms with E-state index in [-0.39, 0.29) is 12.0 Å². The number of β-amino-alcohol motifs (C(OH)–C–C–N with tert-alkyl or cyclic N) is 1. The summed E-state index contributed by atoms with van der Waals surface area (Å²) in [5.41, 5.74) is 1.87. The van der Waals surface area contributed by atoms with Crippen LogP contribution in [0.1, 0.15) is 42.1 Å². The molecule has 1 heterocycles. The number of likely N-dealkylation sites (tertiary alicyclic amines) is 1. The van der Waals surface area contributed by atoms with Gasteiger partial charge in [0.2, 0.25) is 0 Å². The number of nitrogens with zero attached hydrogens (tertiary/aromatic N) is 1. The highest BCUT2D eigenvalue weighted by Crippen LogP contribution is 2.29. The molecule has 1 aromatic rings. The van der Waals surface area contributed by atoms with Gasteiger partial charge in [-0.3, -0.25) is 4.79 Å². The summed E-state index contributed by atoms with van der Waals surface area (Å²) in [5.74, 6) is 0.704. The largest absolute Gasteiger partial charge is 0.392 e. The molecule has 0 bridgehead atoms. The van der Waals surface area contributed by atoms with Crippen molar-refractivity contribution in [1.82, 2.24) is 10.2 Å². The molecule has 21 heavy (non-hydrogen) atoms. The molecule has 4 nitrogen and oxygen atoms in total. The predicted molar refractivity (Wildman–Crippen MR) is 84.5 cm³/mol. The highest BCUT2D eigenvalue weighted by Gasteiger charge is 2.27. The topological polar surface area (TPSA) is 52.6 Å². The lowest BCUT2D eigenvalue weighted by atomic mass is 9.85. The van der Waals surface area contributed by atoms with Crippen molar-refractivity contribution in [3.63, 3.8) is 0 Å². The van der Waals surface area contributed by atoms with E-state index in [4.69, 9.17) is 0 Å². The Hall–Kier alpha value is -1.39. The normalized spacial score (nSPS) is 20.7. The van der Waals surface area contributed by atoms with Crippen LogP contribution in [0.5, 0.6) is 0 Å². The zero-order valence-electron chi connectivity index (χ0n) is 13.2. The average Bonchev–Trinajstić information content (AvgIpc) is 2.89. The number of hydrogen-bond acceptors (Lipinski definition) is 3. The molecule has 2 N–H and O–H groups in total. The first-order valence-corrected chi connectivity index (χ1v) is 7.74. The molecule has 0 radical (unpaired) electrons. The summed E-state index contributed by atoms with van der Waals surface area (Å²) in [6.07, 6.45) is 0.647. The van der Waals surface area contributed by atoms with Gasteiger partial charge in [0.1, 0.15) is 0 Å². The third kappa shape index (κ3) is 3.83. The van der Waals surface area contributed by atoms with Crippen molar-refractivity contribution < 1.29 is 9.90 Å². The number of hydrogen-bond donors (Lipinski definition) is 2. The van der Waals surface area contributed by atoms with Gasteiger partial charge in [-0.2, -0.15) is 0 Å². The number of carbonyl (C=O) groups excluding carboxylic acids is 1. The lowest BCUT2D eigenvalue weighted by Crippen LogP contribution is -2.31. The molecule has 0 saturated carbocycles. The van der Waals surface area contributed by atoms with Gasteiger partial charge in [0.05, 0.1) is 6.10 Å². The van der Waals surface area contributed by atoms with Gasteiger partial charge >= 0.3 is 0 Å². The third-order valence-corrected chi connectivity index (χ3v) is 4.34. The van der Waals surface area contributed by atoms with Gasteiger partial charge in [-0.15, -0.1) is 0 Å². The Bertz CT molecular complexity index is 487. The Morgan fingerprint density at radius 3 is 2.71 bits per heavy atom. The zero-order valence-corrected chi connectivity index (χ0v) is 13.2. The van der Waals surface area contributed by atoms with Gasteiger partial charge in [-0.1, -0.05) is 32.0 Å². The van der Waals surface area contributed by atoms with Crippen LogP contribution in [-0.2, 0) is 0 Å². The summed E-state index contributed by atoms with van der Waals surface area (Å²) in [5, 5.41) is 12.4. The predicted octanol–water partition coefficient (Wildman–Crippen LogP) is 1.85. The average molecular weight is 290 g/mol. The highest BCUT2D eigenvalue weighted by molar-refractivity contribution is 5.95. The summed E-state index contributed by atoms with van der Waals surface area (Å²) < 4.78 is 0. The Morgan fingerprint density at radius 1 is 1.43 bits per heavy atom. The second-order valence-corrected chi connectivity index (χ2v) is 6.22. The van der Waals surface area contributed by atoms with Crippen LogP contribution in [0, 0.1) is 5.92 Å². The van der Waals surface area contributed by atoms with Crippen LogP contribution in [0.3, 0.4) is 0 Å². The van der Waals surface area contributed by atoms with E-state index in [0.29, 0.717) is 11.8 Å². The van der Waals surface area contributed by atoms with Crippen LogP contribution >= 0.6 is 0 Å². The fourth-order valence-electron chi connectivity index (χ4n) is 3.09. The summed E-state index contributed by atoms with van der Waals surface area (Å²) >= 11 is 0. The second-order valence-electron chi connectivity index (χ2n) is 6.22. The molecule has 2 rings (SSSR count). The number of aliphatic hydroxyl groups excluding tert-OH is 1. The van der Waals surface area contributed by atoms with E-state index in [2.05, 4.69) is 30.1 Å². The Balaban J connectivity index is 2.24. The van der Waals surface area contributed by atoms with Crippen molar-refractivity contribution in [3.05, 3.63) is 35.4 Å². The minimum Gasteiger partial charge on any atom is -0.392 e. The van der Waals surface area contributed by atoms with Crippen molar-refractivity contribution in [2.24, 2.45) is 5.92 Å². The fourth-order valence-corrected chi connectivity index (χ4v) is 3.09. The number of rotatable bonds is 5. The molecule has 0 spiro atoms. The lowest BCUT2D eigenvalue weighted by Gasteiger charge is -2.28. The molecule has 0 aliphatic carbocycles. The van der Waals surface area contributed by atoms with E-state index >= 15 is 0 Å². The van der Waals surface area contributed by atoms with Gasteiger partial charge in [-0.05, 0) is 29.9 Å². The maximum atomic E-state index is 12.1. The van der Waals surface area contributed by atoms with Crippen LogP contribution in [0.15, 0.2) is 24.3 Å².